The summed E-state index contributed by atoms with van der Waals surface area (Å²) in [6, 6.07) is 4.14. The SMILES string of the molecule is O=CO.O[C@H]1COCC[C@@H]1n1ccnc1-c1cccs1. The van der Waals surface area contributed by atoms with Gasteiger partial charge in [-0.1, -0.05) is 6.07 Å². The Labute approximate surface area is 120 Å². The molecule has 6 nitrogen and oxygen atoms in total. The number of aliphatic hydroxyl groups is 1. The predicted molar refractivity (Wildman–Crippen MR) is 74.7 cm³/mol. The molecule has 2 aromatic heterocycles. The van der Waals surface area contributed by atoms with E-state index in [-0.39, 0.29) is 12.5 Å². The number of hydrogen-bond acceptors (Lipinski definition) is 5. The summed E-state index contributed by atoms with van der Waals surface area (Å²) in [4.78, 5) is 13.9. The highest BCUT2D eigenvalue weighted by Crippen LogP contribution is 2.29. The Kier molecular flexibility index (Phi) is 5.28. The van der Waals surface area contributed by atoms with Crippen LogP contribution >= 0.6 is 11.3 Å². The Hall–Kier alpha value is -1.70. The Morgan fingerprint density at radius 1 is 1.55 bits per heavy atom. The van der Waals surface area contributed by atoms with E-state index in [9.17, 15) is 5.11 Å². The van der Waals surface area contributed by atoms with Crippen molar-refractivity contribution < 1.29 is 19.7 Å². The molecule has 0 bridgehead atoms. The summed E-state index contributed by atoms with van der Waals surface area (Å²) < 4.78 is 7.33. The third-order valence-electron chi connectivity index (χ3n) is 3.06. The van der Waals surface area contributed by atoms with Gasteiger partial charge in [-0.2, -0.15) is 0 Å². The summed E-state index contributed by atoms with van der Waals surface area (Å²) in [7, 11) is 0. The maximum Gasteiger partial charge on any atom is 0.290 e. The third-order valence-corrected chi connectivity index (χ3v) is 3.92. The highest BCUT2D eigenvalue weighted by molar-refractivity contribution is 7.13. The van der Waals surface area contributed by atoms with Crippen molar-refractivity contribution >= 4 is 17.8 Å². The number of imidazole rings is 1. The number of hydrogen-bond donors (Lipinski definition) is 2. The van der Waals surface area contributed by atoms with E-state index in [1.807, 2.05) is 17.6 Å². The van der Waals surface area contributed by atoms with Gasteiger partial charge in [0.15, 0.2) is 0 Å². The zero-order valence-corrected chi connectivity index (χ0v) is 11.6. The van der Waals surface area contributed by atoms with E-state index in [1.54, 1.807) is 17.5 Å². The Morgan fingerprint density at radius 3 is 3.00 bits per heavy atom. The summed E-state index contributed by atoms with van der Waals surface area (Å²) in [5.41, 5.74) is 0. The molecule has 108 valence electrons. The minimum Gasteiger partial charge on any atom is -0.483 e. The zero-order chi connectivity index (χ0) is 14.4. The first kappa shape index (κ1) is 14.7. The number of ether oxygens (including phenoxy) is 1. The number of carbonyl (C=O) groups is 1. The molecule has 1 aliphatic rings. The van der Waals surface area contributed by atoms with Gasteiger partial charge in [0.1, 0.15) is 5.82 Å². The minimum atomic E-state index is -0.448. The van der Waals surface area contributed by atoms with Gasteiger partial charge in [0.25, 0.3) is 6.47 Å². The van der Waals surface area contributed by atoms with Gasteiger partial charge in [0.2, 0.25) is 0 Å². The normalized spacial score (nSPS) is 21.9. The minimum absolute atomic E-state index is 0.0725. The van der Waals surface area contributed by atoms with Crippen molar-refractivity contribution in [3.05, 3.63) is 29.9 Å². The third kappa shape index (κ3) is 3.24. The molecule has 2 N–H and O–H groups in total. The summed E-state index contributed by atoms with van der Waals surface area (Å²) in [6.45, 7) is 0.858. The Morgan fingerprint density at radius 2 is 2.35 bits per heavy atom. The van der Waals surface area contributed by atoms with Crippen molar-refractivity contribution in [2.24, 2.45) is 0 Å². The van der Waals surface area contributed by atoms with E-state index in [0.29, 0.717) is 13.2 Å². The second-order valence-electron chi connectivity index (χ2n) is 4.24. The van der Waals surface area contributed by atoms with Crippen LogP contribution in [0, 0.1) is 0 Å². The predicted octanol–water partition coefficient (Wildman–Crippen LogP) is 1.63. The van der Waals surface area contributed by atoms with E-state index in [0.717, 1.165) is 17.1 Å². The Balaban J connectivity index is 0.000000452. The van der Waals surface area contributed by atoms with E-state index in [1.165, 1.54) is 0 Å². The van der Waals surface area contributed by atoms with Crippen molar-refractivity contribution in [2.75, 3.05) is 13.2 Å². The number of thiophene rings is 1. The zero-order valence-electron chi connectivity index (χ0n) is 10.8. The van der Waals surface area contributed by atoms with Crippen LogP contribution in [0.25, 0.3) is 10.7 Å². The molecule has 2 atom stereocenters. The van der Waals surface area contributed by atoms with Crippen LogP contribution in [0.4, 0.5) is 0 Å². The molecule has 1 fully saturated rings. The van der Waals surface area contributed by atoms with Crippen LogP contribution in [0.2, 0.25) is 0 Å². The average molecular weight is 296 g/mol. The number of rotatable bonds is 2. The number of nitrogens with zero attached hydrogens (tertiary/aromatic N) is 2. The fraction of sp³-hybridized carbons (Fsp3) is 0.385. The van der Waals surface area contributed by atoms with Crippen molar-refractivity contribution in [2.45, 2.75) is 18.6 Å². The molecular formula is C13H16N2O4S. The van der Waals surface area contributed by atoms with E-state index in [4.69, 9.17) is 14.6 Å². The fourth-order valence-corrected chi connectivity index (χ4v) is 2.94. The van der Waals surface area contributed by atoms with Gasteiger partial charge in [-0.05, 0) is 17.9 Å². The lowest BCUT2D eigenvalue weighted by Gasteiger charge is -2.29. The van der Waals surface area contributed by atoms with Crippen LogP contribution in [0.3, 0.4) is 0 Å². The maximum atomic E-state index is 9.99. The molecule has 0 aliphatic carbocycles. The Bertz CT molecular complexity index is 526. The van der Waals surface area contributed by atoms with E-state index in [2.05, 4.69) is 15.6 Å². The summed E-state index contributed by atoms with van der Waals surface area (Å²) in [5, 5.41) is 18.9. The average Bonchev–Trinajstić information content (AvgIpc) is 3.11. The fourth-order valence-electron chi connectivity index (χ4n) is 2.21. The smallest absolute Gasteiger partial charge is 0.290 e. The lowest BCUT2D eigenvalue weighted by molar-refractivity contribution is -0.122. The number of aromatic nitrogens is 2. The summed E-state index contributed by atoms with van der Waals surface area (Å²) in [6.07, 6.45) is 4.11. The molecule has 1 saturated heterocycles. The first-order valence-electron chi connectivity index (χ1n) is 6.18. The first-order chi connectivity index (χ1) is 9.77. The van der Waals surface area contributed by atoms with Gasteiger partial charge >= 0.3 is 0 Å². The van der Waals surface area contributed by atoms with E-state index < -0.39 is 6.10 Å². The summed E-state index contributed by atoms with van der Waals surface area (Å²) in [5.74, 6) is 0.936. The number of aliphatic hydroxyl groups excluding tert-OH is 1. The van der Waals surface area contributed by atoms with Gasteiger partial charge < -0.3 is 19.5 Å². The molecule has 1 aliphatic heterocycles. The van der Waals surface area contributed by atoms with Crippen molar-refractivity contribution in [3.8, 4) is 10.7 Å². The molecule has 7 heteroatoms. The van der Waals surface area contributed by atoms with Crippen LogP contribution in [0.1, 0.15) is 12.5 Å². The topological polar surface area (TPSA) is 84.6 Å². The van der Waals surface area contributed by atoms with Crippen molar-refractivity contribution in [3.63, 3.8) is 0 Å². The molecule has 0 spiro atoms. The molecule has 0 radical (unpaired) electrons. The first-order valence-corrected chi connectivity index (χ1v) is 7.06. The molecule has 0 amide bonds. The van der Waals surface area contributed by atoms with Gasteiger partial charge in [-0.3, -0.25) is 4.79 Å². The van der Waals surface area contributed by atoms with Gasteiger partial charge in [0, 0.05) is 19.0 Å². The summed E-state index contributed by atoms with van der Waals surface area (Å²) >= 11 is 1.66. The quantitative estimate of drug-likeness (QED) is 0.823. The second-order valence-corrected chi connectivity index (χ2v) is 5.19. The molecule has 2 aromatic rings. The van der Waals surface area contributed by atoms with Crippen LogP contribution in [0.5, 0.6) is 0 Å². The van der Waals surface area contributed by atoms with Gasteiger partial charge in [-0.25, -0.2) is 4.98 Å². The van der Waals surface area contributed by atoms with Crippen molar-refractivity contribution in [1.82, 2.24) is 9.55 Å². The lowest BCUT2D eigenvalue weighted by atomic mass is 10.1. The van der Waals surface area contributed by atoms with Crippen LogP contribution in [0.15, 0.2) is 29.9 Å². The molecule has 0 aromatic carbocycles. The molecule has 0 saturated carbocycles. The molecule has 20 heavy (non-hydrogen) atoms. The van der Waals surface area contributed by atoms with Crippen LogP contribution < -0.4 is 0 Å². The highest BCUT2D eigenvalue weighted by Gasteiger charge is 2.27. The van der Waals surface area contributed by atoms with Crippen LogP contribution in [-0.2, 0) is 9.53 Å². The molecule has 3 rings (SSSR count). The van der Waals surface area contributed by atoms with E-state index >= 15 is 0 Å². The second kappa shape index (κ2) is 7.18. The van der Waals surface area contributed by atoms with Crippen LogP contribution in [-0.4, -0.2) is 45.6 Å². The monoisotopic (exact) mass is 296 g/mol. The highest BCUT2D eigenvalue weighted by atomic mass is 32.1. The largest absolute Gasteiger partial charge is 0.483 e. The lowest BCUT2D eigenvalue weighted by Crippen LogP contribution is -2.34. The van der Waals surface area contributed by atoms with Gasteiger partial charge in [-0.15, -0.1) is 11.3 Å². The van der Waals surface area contributed by atoms with Crippen molar-refractivity contribution in [1.29, 1.82) is 0 Å². The molecule has 3 heterocycles. The molecule has 0 unspecified atom stereocenters. The maximum absolute atomic E-state index is 9.99. The number of carboxylic acid groups (broad SMARTS) is 1. The molecular weight excluding hydrogens is 280 g/mol. The van der Waals surface area contributed by atoms with Gasteiger partial charge in [0.05, 0.1) is 23.6 Å². The standard InChI is InChI=1S/C12H14N2O2S.CH2O2/c15-10-8-16-6-3-9(10)14-5-4-13-12(14)11-2-1-7-17-11;2-1-3/h1-2,4-5,7,9-10,15H,3,6,8H2;1H,(H,2,3)/t9-,10-;/m0./s1.